The fourth-order valence-electron chi connectivity index (χ4n) is 1.92. The van der Waals surface area contributed by atoms with Crippen molar-refractivity contribution in [1.29, 1.82) is 0 Å². The fourth-order valence-corrected chi connectivity index (χ4v) is 1.92. The molecule has 0 spiro atoms. The van der Waals surface area contributed by atoms with Crippen molar-refractivity contribution in [1.82, 2.24) is 0 Å². The van der Waals surface area contributed by atoms with Crippen molar-refractivity contribution >= 4 is 0 Å². The first-order valence-electron chi connectivity index (χ1n) is 6.67. The van der Waals surface area contributed by atoms with Gasteiger partial charge < -0.3 is 10.5 Å². The van der Waals surface area contributed by atoms with Gasteiger partial charge in [0.15, 0.2) is 0 Å². The normalized spacial score (nSPS) is 9.75. The van der Waals surface area contributed by atoms with E-state index < -0.39 is 0 Å². The van der Waals surface area contributed by atoms with E-state index in [1.54, 1.807) is 0 Å². The lowest BCUT2D eigenvalue weighted by Gasteiger charge is -2.10. The summed E-state index contributed by atoms with van der Waals surface area (Å²) in [6.07, 6.45) is 0. The average molecular weight is 265 g/mol. The first kappa shape index (κ1) is 14.2. The van der Waals surface area contributed by atoms with Crippen LogP contribution in [0.15, 0.2) is 42.5 Å². The highest BCUT2D eigenvalue weighted by molar-refractivity contribution is 5.38. The maximum absolute atomic E-state index is 5.89. The van der Waals surface area contributed by atoms with Crippen LogP contribution in [0.3, 0.4) is 0 Å². The first-order chi connectivity index (χ1) is 9.69. The van der Waals surface area contributed by atoms with Gasteiger partial charge in [0, 0.05) is 5.56 Å². The standard InChI is InChI=1S/C18H19NO/c1-14-8-9-15(2)18(11-14)20-13-17-6-3-5-16(12-17)7-4-10-19/h3,5-6,8-9,11-12H,10,13,19H2,1-2H3. The van der Waals surface area contributed by atoms with Crippen LogP contribution in [0.2, 0.25) is 0 Å². The second-order valence-electron chi connectivity index (χ2n) is 4.76. The molecule has 20 heavy (non-hydrogen) atoms. The van der Waals surface area contributed by atoms with Gasteiger partial charge in [-0.1, -0.05) is 36.1 Å². The maximum atomic E-state index is 5.89. The Kier molecular flexibility index (Phi) is 4.81. The molecule has 2 heteroatoms. The third kappa shape index (κ3) is 3.88. The van der Waals surface area contributed by atoms with E-state index >= 15 is 0 Å². The predicted octanol–water partition coefficient (Wildman–Crippen LogP) is 3.19. The first-order valence-corrected chi connectivity index (χ1v) is 6.67. The van der Waals surface area contributed by atoms with Crippen molar-refractivity contribution in [2.45, 2.75) is 20.5 Å². The van der Waals surface area contributed by atoms with E-state index in [1.165, 1.54) is 5.56 Å². The second kappa shape index (κ2) is 6.79. The van der Waals surface area contributed by atoms with Crippen molar-refractivity contribution in [2.24, 2.45) is 5.73 Å². The van der Waals surface area contributed by atoms with E-state index in [-0.39, 0.29) is 0 Å². The molecular formula is C18H19NO. The Morgan fingerprint density at radius 1 is 1.10 bits per heavy atom. The van der Waals surface area contributed by atoms with Crippen molar-refractivity contribution in [3.63, 3.8) is 0 Å². The van der Waals surface area contributed by atoms with Gasteiger partial charge in [-0.3, -0.25) is 0 Å². The largest absolute Gasteiger partial charge is 0.489 e. The smallest absolute Gasteiger partial charge is 0.122 e. The van der Waals surface area contributed by atoms with Crippen LogP contribution >= 0.6 is 0 Å². The lowest BCUT2D eigenvalue weighted by Crippen LogP contribution is -1.98. The Morgan fingerprint density at radius 3 is 2.75 bits per heavy atom. The van der Waals surface area contributed by atoms with E-state index in [1.807, 2.05) is 24.3 Å². The lowest BCUT2D eigenvalue weighted by atomic mass is 10.1. The number of hydrogen-bond donors (Lipinski definition) is 1. The highest BCUT2D eigenvalue weighted by Crippen LogP contribution is 2.20. The minimum absolute atomic E-state index is 0.378. The number of benzene rings is 2. The van der Waals surface area contributed by atoms with Gasteiger partial charge in [0.2, 0.25) is 0 Å². The van der Waals surface area contributed by atoms with Crippen LogP contribution < -0.4 is 10.5 Å². The molecule has 0 unspecified atom stereocenters. The monoisotopic (exact) mass is 265 g/mol. The quantitative estimate of drug-likeness (QED) is 0.865. The molecule has 2 aromatic rings. The SMILES string of the molecule is Cc1ccc(C)c(OCc2cccc(C#CCN)c2)c1. The van der Waals surface area contributed by atoms with Gasteiger partial charge in [-0.05, 0) is 48.7 Å². The number of hydrogen-bond acceptors (Lipinski definition) is 2. The third-order valence-electron chi connectivity index (χ3n) is 3.00. The van der Waals surface area contributed by atoms with Crippen molar-refractivity contribution < 1.29 is 4.74 Å². The highest BCUT2D eigenvalue weighted by Gasteiger charge is 2.01. The number of ether oxygens (including phenoxy) is 1. The molecule has 2 rings (SSSR count). The maximum Gasteiger partial charge on any atom is 0.122 e. The Bertz CT molecular complexity index is 650. The Morgan fingerprint density at radius 2 is 1.95 bits per heavy atom. The summed E-state index contributed by atoms with van der Waals surface area (Å²) in [5.74, 6) is 6.83. The molecule has 0 amide bonds. The zero-order valence-electron chi connectivity index (χ0n) is 11.9. The molecule has 0 saturated carbocycles. The van der Waals surface area contributed by atoms with E-state index in [4.69, 9.17) is 10.5 Å². The Labute approximate surface area is 120 Å². The molecule has 0 atom stereocenters. The molecule has 0 aliphatic carbocycles. The number of aryl methyl sites for hydroxylation is 2. The molecule has 0 bridgehead atoms. The minimum atomic E-state index is 0.378. The molecule has 0 aromatic heterocycles. The fraction of sp³-hybridized carbons (Fsp3) is 0.222. The molecule has 0 saturated heterocycles. The average Bonchev–Trinajstić information content (AvgIpc) is 2.46. The second-order valence-corrected chi connectivity index (χ2v) is 4.76. The lowest BCUT2D eigenvalue weighted by molar-refractivity contribution is 0.304. The summed E-state index contributed by atoms with van der Waals surface area (Å²) in [4.78, 5) is 0. The summed E-state index contributed by atoms with van der Waals surface area (Å²) >= 11 is 0. The third-order valence-corrected chi connectivity index (χ3v) is 3.00. The minimum Gasteiger partial charge on any atom is -0.489 e. The van der Waals surface area contributed by atoms with Crippen LogP contribution in [0, 0.1) is 25.7 Å². The Balaban J connectivity index is 2.09. The molecule has 2 aromatic carbocycles. The predicted molar refractivity (Wildman–Crippen MR) is 82.6 cm³/mol. The Hall–Kier alpha value is -2.24. The summed E-state index contributed by atoms with van der Waals surface area (Å²) in [5.41, 5.74) is 9.81. The summed E-state index contributed by atoms with van der Waals surface area (Å²) < 4.78 is 5.89. The highest BCUT2D eigenvalue weighted by atomic mass is 16.5. The van der Waals surface area contributed by atoms with Gasteiger partial charge in [-0.25, -0.2) is 0 Å². The van der Waals surface area contributed by atoms with Gasteiger partial charge in [0.1, 0.15) is 12.4 Å². The molecular weight excluding hydrogens is 246 g/mol. The molecule has 2 nitrogen and oxygen atoms in total. The van der Waals surface area contributed by atoms with Gasteiger partial charge in [0.25, 0.3) is 0 Å². The number of rotatable bonds is 3. The van der Waals surface area contributed by atoms with Crippen LogP contribution in [0.5, 0.6) is 5.75 Å². The zero-order chi connectivity index (χ0) is 14.4. The van der Waals surface area contributed by atoms with Crippen molar-refractivity contribution in [2.75, 3.05) is 6.54 Å². The summed E-state index contributed by atoms with van der Waals surface area (Å²) in [6, 6.07) is 14.3. The van der Waals surface area contributed by atoms with Crippen LogP contribution in [-0.4, -0.2) is 6.54 Å². The van der Waals surface area contributed by atoms with E-state index in [0.717, 1.165) is 22.4 Å². The van der Waals surface area contributed by atoms with Gasteiger partial charge in [-0.2, -0.15) is 0 Å². The van der Waals surface area contributed by atoms with Crippen LogP contribution in [0.25, 0.3) is 0 Å². The molecule has 0 radical (unpaired) electrons. The summed E-state index contributed by atoms with van der Waals surface area (Å²) in [6.45, 7) is 5.04. The molecule has 0 heterocycles. The van der Waals surface area contributed by atoms with E-state index in [0.29, 0.717) is 13.2 Å². The molecule has 0 aliphatic rings. The van der Waals surface area contributed by atoms with E-state index in [2.05, 4.69) is 43.9 Å². The van der Waals surface area contributed by atoms with Crippen molar-refractivity contribution in [3.8, 4) is 17.6 Å². The molecule has 102 valence electrons. The zero-order valence-corrected chi connectivity index (χ0v) is 11.9. The van der Waals surface area contributed by atoms with E-state index in [9.17, 15) is 0 Å². The van der Waals surface area contributed by atoms with Crippen molar-refractivity contribution in [3.05, 3.63) is 64.7 Å². The van der Waals surface area contributed by atoms with Gasteiger partial charge >= 0.3 is 0 Å². The topological polar surface area (TPSA) is 35.2 Å². The molecule has 0 fully saturated rings. The molecule has 0 aliphatic heterocycles. The van der Waals surface area contributed by atoms with Gasteiger partial charge in [0.05, 0.1) is 6.54 Å². The molecule has 2 N–H and O–H groups in total. The van der Waals surface area contributed by atoms with Crippen LogP contribution in [0.4, 0.5) is 0 Å². The van der Waals surface area contributed by atoms with Crippen LogP contribution in [0.1, 0.15) is 22.3 Å². The summed E-state index contributed by atoms with van der Waals surface area (Å²) in [7, 11) is 0. The van der Waals surface area contributed by atoms with Gasteiger partial charge in [-0.15, -0.1) is 0 Å². The summed E-state index contributed by atoms with van der Waals surface area (Å²) in [5, 5.41) is 0. The number of nitrogens with two attached hydrogens (primary N) is 1. The van der Waals surface area contributed by atoms with Crippen LogP contribution in [-0.2, 0) is 6.61 Å².